The van der Waals surface area contributed by atoms with Crippen LogP contribution in [0.25, 0.3) is 120 Å². The molecule has 0 aliphatic heterocycles. The van der Waals surface area contributed by atoms with Gasteiger partial charge < -0.3 is 0 Å². The van der Waals surface area contributed by atoms with E-state index in [4.69, 9.17) is 0 Å². The Morgan fingerprint density at radius 2 is 0.661 bits per heavy atom. The Balaban J connectivity index is 1.09. The summed E-state index contributed by atoms with van der Waals surface area (Å²) in [6.07, 6.45) is 0. The Hall–Kier alpha value is -7.28. The van der Waals surface area contributed by atoms with Gasteiger partial charge in [0.1, 0.15) is 0 Å². The first-order chi connectivity index (χ1) is 27.8. The minimum atomic E-state index is 1.24. The van der Waals surface area contributed by atoms with E-state index in [1.54, 1.807) is 0 Å². The molecule has 0 heteroatoms. The quantitative estimate of drug-likeness (QED) is 0.126. The van der Waals surface area contributed by atoms with Gasteiger partial charge in [0.25, 0.3) is 0 Å². The van der Waals surface area contributed by atoms with Crippen molar-refractivity contribution >= 4 is 75.4 Å². The largest absolute Gasteiger partial charge is 0.0622 e. The molecule has 12 rings (SSSR count). The van der Waals surface area contributed by atoms with Crippen molar-refractivity contribution in [3.05, 3.63) is 206 Å². The molecule has 0 N–H and O–H groups in total. The fourth-order valence-electron chi connectivity index (χ4n) is 9.71. The van der Waals surface area contributed by atoms with Gasteiger partial charge in [0.2, 0.25) is 0 Å². The van der Waals surface area contributed by atoms with Crippen LogP contribution in [-0.2, 0) is 0 Å². The fourth-order valence-corrected chi connectivity index (χ4v) is 9.71. The van der Waals surface area contributed by atoms with Crippen molar-refractivity contribution in [1.82, 2.24) is 0 Å². The van der Waals surface area contributed by atoms with E-state index < -0.39 is 0 Å². The molecule has 0 amide bonds. The lowest BCUT2D eigenvalue weighted by Crippen LogP contribution is -1.91. The second-order valence-corrected chi connectivity index (χ2v) is 15.2. The van der Waals surface area contributed by atoms with Crippen molar-refractivity contribution in [2.24, 2.45) is 0 Å². The first-order valence-corrected chi connectivity index (χ1v) is 19.5. The van der Waals surface area contributed by atoms with Gasteiger partial charge in [-0.2, -0.15) is 0 Å². The van der Waals surface area contributed by atoms with Gasteiger partial charge in [0.05, 0.1) is 0 Å². The number of fused-ring (bicyclic) bond motifs is 4. The van der Waals surface area contributed by atoms with Crippen LogP contribution in [0.2, 0.25) is 0 Å². The van der Waals surface area contributed by atoms with Crippen LogP contribution in [0.1, 0.15) is 0 Å². The summed E-state index contributed by atoms with van der Waals surface area (Å²) in [6.45, 7) is 0. The highest BCUT2D eigenvalue weighted by Gasteiger charge is 2.19. The van der Waals surface area contributed by atoms with Crippen LogP contribution in [0.5, 0.6) is 0 Å². The molecule has 0 nitrogen and oxygen atoms in total. The number of rotatable bonds is 4. The monoisotopic (exact) mass is 706 g/mol. The molecule has 0 saturated heterocycles. The van der Waals surface area contributed by atoms with E-state index in [2.05, 4.69) is 206 Å². The van der Waals surface area contributed by atoms with E-state index in [-0.39, 0.29) is 0 Å². The maximum Gasteiger partial charge on any atom is -0.00206 e. The summed E-state index contributed by atoms with van der Waals surface area (Å²) in [6, 6.07) is 76.6. The molecular weight excluding hydrogens is 673 g/mol. The van der Waals surface area contributed by atoms with E-state index in [0.717, 1.165) is 0 Å². The zero-order valence-corrected chi connectivity index (χ0v) is 30.6. The Morgan fingerprint density at radius 3 is 1.29 bits per heavy atom. The molecule has 0 bridgehead atoms. The summed E-state index contributed by atoms with van der Waals surface area (Å²) in [7, 11) is 0. The number of benzene rings is 12. The van der Waals surface area contributed by atoms with E-state index in [9.17, 15) is 0 Å². The summed E-state index contributed by atoms with van der Waals surface area (Å²) in [5, 5.41) is 18.0. The minimum absolute atomic E-state index is 1.24. The third-order valence-corrected chi connectivity index (χ3v) is 12.1. The lowest BCUT2D eigenvalue weighted by Gasteiger charge is -2.19. The third kappa shape index (κ3) is 4.60. The second-order valence-electron chi connectivity index (χ2n) is 15.2. The van der Waals surface area contributed by atoms with Crippen molar-refractivity contribution in [2.75, 3.05) is 0 Å². The molecule has 0 aromatic heterocycles. The maximum atomic E-state index is 2.41. The van der Waals surface area contributed by atoms with Crippen LogP contribution >= 0.6 is 0 Å². The molecule has 0 heterocycles. The van der Waals surface area contributed by atoms with Crippen molar-refractivity contribution in [3.63, 3.8) is 0 Å². The average Bonchev–Trinajstić information content (AvgIpc) is 3.26. The van der Waals surface area contributed by atoms with Crippen LogP contribution in [0.4, 0.5) is 0 Å². The number of hydrogen-bond donors (Lipinski definition) is 0. The molecule has 0 aliphatic rings. The lowest BCUT2D eigenvalue weighted by atomic mass is 9.85. The molecule has 56 heavy (non-hydrogen) atoms. The number of hydrogen-bond acceptors (Lipinski definition) is 0. The molecule has 0 unspecified atom stereocenters. The zero-order valence-electron chi connectivity index (χ0n) is 30.6. The molecule has 12 aromatic carbocycles. The van der Waals surface area contributed by atoms with Crippen molar-refractivity contribution in [3.8, 4) is 44.5 Å². The van der Waals surface area contributed by atoms with Crippen LogP contribution in [-0.4, -0.2) is 0 Å². The first kappa shape index (κ1) is 31.1. The van der Waals surface area contributed by atoms with E-state index in [1.807, 2.05) is 0 Å². The minimum Gasteiger partial charge on any atom is -0.0622 e. The van der Waals surface area contributed by atoms with Crippen LogP contribution < -0.4 is 0 Å². The highest BCUT2D eigenvalue weighted by Crippen LogP contribution is 2.46. The highest BCUT2D eigenvalue weighted by molar-refractivity contribution is 6.28. The van der Waals surface area contributed by atoms with Crippen molar-refractivity contribution in [1.29, 1.82) is 0 Å². The highest BCUT2D eigenvalue weighted by atomic mass is 14.2. The van der Waals surface area contributed by atoms with Crippen LogP contribution in [0.3, 0.4) is 0 Å². The Bertz CT molecular complexity index is 3480. The molecule has 0 atom stereocenters. The molecule has 0 aliphatic carbocycles. The van der Waals surface area contributed by atoms with Gasteiger partial charge >= 0.3 is 0 Å². The van der Waals surface area contributed by atoms with Gasteiger partial charge in [0, 0.05) is 0 Å². The van der Waals surface area contributed by atoms with Gasteiger partial charge in [-0.15, -0.1) is 0 Å². The predicted octanol–water partition coefficient (Wildman–Crippen LogP) is 15.9. The molecule has 0 fully saturated rings. The summed E-state index contributed by atoms with van der Waals surface area (Å²) < 4.78 is 0. The molecule has 0 spiro atoms. The van der Waals surface area contributed by atoms with Crippen LogP contribution in [0.15, 0.2) is 206 Å². The fraction of sp³-hybridized carbons (Fsp3) is 0. The maximum absolute atomic E-state index is 2.41. The molecule has 0 saturated carbocycles. The molecule has 12 aromatic rings. The zero-order chi connectivity index (χ0) is 36.7. The third-order valence-electron chi connectivity index (χ3n) is 12.1. The topological polar surface area (TPSA) is 0 Å². The van der Waals surface area contributed by atoms with E-state index >= 15 is 0 Å². The SMILES string of the molecule is c1ccc(-c2c3ccccc3cc3c(-c4cc5ccc6ccc(-c7cccc8c(-c9ccccc9)c9ccccc9cc78)c7ccc(c4)c5c67)cccc23)cc1. The normalized spacial score (nSPS) is 11.9. The lowest BCUT2D eigenvalue weighted by molar-refractivity contribution is 1.66. The van der Waals surface area contributed by atoms with Gasteiger partial charge in [-0.1, -0.05) is 182 Å². The predicted molar refractivity (Wildman–Crippen MR) is 242 cm³/mol. The second kappa shape index (κ2) is 12.1. The van der Waals surface area contributed by atoms with Crippen LogP contribution in [0, 0.1) is 0 Å². The standard InChI is InChI=1S/C56H34/c1-3-13-35(14-4-1)54-44-19-9-7-17-38(44)33-51-43(21-11-23-48(51)54)42-31-40-26-25-37-27-29-47(50-30-28-41(32-42)53(40)56(37)50)46-22-12-24-49-52(46)34-39-18-8-10-20-45(39)55(49)36-15-5-2-6-16-36/h1-34H. The summed E-state index contributed by atoms with van der Waals surface area (Å²) in [4.78, 5) is 0. The summed E-state index contributed by atoms with van der Waals surface area (Å²) >= 11 is 0. The average molecular weight is 707 g/mol. The first-order valence-electron chi connectivity index (χ1n) is 19.5. The summed E-state index contributed by atoms with van der Waals surface area (Å²) in [5.74, 6) is 0. The van der Waals surface area contributed by atoms with Crippen molar-refractivity contribution < 1.29 is 0 Å². The Morgan fingerprint density at radius 1 is 0.196 bits per heavy atom. The molecule has 0 radical (unpaired) electrons. The Labute approximate surface area is 324 Å². The van der Waals surface area contributed by atoms with Gasteiger partial charge in [-0.05, 0) is 144 Å². The smallest absolute Gasteiger partial charge is 0.00206 e. The van der Waals surface area contributed by atoms with E-state index in [0.29, 0.717) is 0 Å². The van der Waals surface area contributed by atoms with Gasteiger partial charge in [-0.3, -0.25) is 0 Å². The van der Waals surface area contributed by atoms with E-state index in [1.165, 1.54) is 120 Å². The van der Waals surface area contributed by atoms with Gasteiger partial charge in [-0.25, -0.2) is 0 Å². The van der Waals surface area contributed by atoms with Gasteiger partial charge in [0.15, 0.2) is 0 Å². The molecule has 258 valence electrons. The molecular formula is C56H34. The van der Waals surface area contributed by atoms with Crippen molar-refractivity contribution in [2.45, 2.75) is 0 Å². The Kier molecular flexibility index (Phi) is 6.73. The summed E-state index contributed by atoms with van der Waals surface area (Å²) in [5.41, 5.74) is 10.1.